The third-order valence-electron chi connectivity index (χ3n) is 4.66. The first-order valence-corrected chi connectivity index (χ1v) is 8.59. The van der Waals surface area contributed by atoms with Crippen molar-refractivity contribution in [1.29, 1.82) is 0 Å². The van der Waals surface area contributed by atoms with E-state index in [0.29, 0.717) is 5.95 Å². The topological polar surface area (TPSA) is 82.1 Å². The van der Waals surface area contributed by atoms with Crippen LogP contribution in [-0.2, 0) is 4.74 Å². The van der Waals surface area contributed by atoms with E-state index in [1.807, 2.05) is 23.9 Å². The fraction of sp³-hybridized carbons (Fsp3) is 0.529. The van der Waals surface area contributed by atoms with E-state index in [2.05, 4.69) is 26.4 Å². The van der Waals surface area contributed by atoms with Gasteiger partial charge in [-0.2, -0.15) is 10.1 Å². The van der Waals surface area contributed by atoms with Gasteiger partial charge < -0.3 is 15.4 Å². The number of aryl methyl sites for hydroxylation is 1. The Morgan fingerprint density at radius 1 is 1.29 bits per heavy atom. The quantitative estimate of drug-likeness (QED) is 0.932. The lowest BCUT2D eigenvalue weighted by molar-refractivity contribution is -0.0384. The lowest BCUT2D eigenvalue weighted by atomic mass is 10.1. The van der Waals surface area contributed by atoms with Crippen LogP contribution in [0.2, 0.25) is 0 Å². The zero-order valence-electron chi connectivity index (χ0n) is 14.0. The van der Waals surface area contributed by atoms with E-state index in [4.69, 9.17) is 10.5 Å². The van der Waals surface area contributed by atoms with Crippen molar-refractivity contribution in [1.82, 2.24) is 19.7 Å². The van der Waals surface area contributed by atoms with Crippen LogP contribution in [0.1, 0.15) is 37.5 Å². The molecule has 0 saturated carbocycles. The fourth-order valence-electron chi connectivity index (χ4n) is 3.43. The zero-order valence-corrected chi connectivity index (χ0v) is 14.0. The Bertz CT molecular complexity index is 716. The van der Waals surface area contributed by atoms with Gasteiger partial charge in [-0.1, -0.05) is 0 Å². The Kier molecular flexibility index (Phi) is 4.10. The summed E-state index contributed by atoms with van der Waals surface area (Å²) in [7, 11) is 0. The van der Waals surface area contributed by atoms with Crippen molar-refractivity contribution in [3.63, 3.8) is 0 Å². The molecular formula is C17H23N6O. The van der Waals surface area contributed by atoms with Crippen molar-refractivity contribution < 1.29 is 4.74 Å². The van der Waals surface area contributed by atoms with E-state index < -0.39 is 0 Å². The van der Waals surface area contributed by atoms with E-state index in [0.717, 1.165) is 68.1 Å². The average Bonchev–Trinajstić information content (AvgIpc) is 3.25. The molecule has 2 aromatic heterocycles. The molecule has 127 valence electrons. The second-order valence-electron chi connectivity index (χ2n) is 6.43. The minimum absolute atomic E-state index is 0.0257. The normalized spacial score (nSPS) is 21.4. The average molecular weight is 327 g/mol. The first kappa shape index (κ1) is 15.4. The van der Waals surface area contributed by atoms with E-state index >= 15 is 0 Å². The largest absolute Gasteiger partial charge is 0.368 e. The molecule has 1 atom stereocenters. The standard InChI is InChI=1S/C17H23N6O/c1-12-11-19-23(15-6-2-5-9-24-15)16(12)13-10-14(21-17(18)20-13)22-7-3-4-8-22/h3,10-11,15H,2,4-9H2,1H3,(H2,18,20,21). The lowest BCUT2D eigenvalue weighted by Crippen LogP contribution is -2.21. The van der Waals surface area contributed by atoms with Gasteiger partial charge in [0.25, 0.3) is 0 Å². The van der Waals surface area contributed by atoms with E-state index in [-0.39, 0.29) is 6.23 Å². The van der Waals surface area contributed by atoms with Gasteiger partial charge in [0.05, 0.1) is 17.6 Å². The van der Waals surface area contributed by atoms with Crippen LogP contribution in [0.15, 0.2) is 12.3 Å². The second-order valence-corrected chi connectivity index (χ2v) is 6.43. The third kappa shape index (κ3) is 2.84. The fourth-order valence-corrected chi connectivity index (χ4v) is 3.43. The van der Waals surface area contributed by atoms with Gasteiger partial charge in [0, 0.05) is 25.8 Å². The van der Waals surface area contributed by atoms with Gasteiger partial charge in [-0.25, -0.2) is 9.67 Å². The lowest BCUT2D eigenvalue weighted by Gasteiger charge is -2.25. The SMILES string of the molecule is Cc1cnn(C2CCCCO2)c1-c1cc(N2C[CH]CC2)nc(N)n1. The van der Waals surface area contributed by atoms with Gasteiger partial charge in [-0.15, -0.1) is 0 Å². The van der Waals surface area contributed by atoms with Crippen molar-refractivity contribution in [3.05, 3.63) is 24.2 Å². The Hall–Kier alpha value is -2.15. The molecule has 2 fully saturated rings. The molecule has 7 nitrogen and oxygen atoms in total. The van der Waals surface area contributed by atoms with Crippen molar-refractivity contribution in [3.8, 4) is 11.4 Å². The molecule has 0 bridgehead atoms. The molecular weight excluding hydrogens is 304 g/mol. The Morgan fingerprint density at radius 2 is 2.21 bits per heavy atom. The van der Waals surface area contributed by atoms with Crippen molar-refractivity contribution in [2.24, 2.45) is 0 Å². The van der Waals surface area contributed by atoms with E-state index in [1.165, 1.54) is 0 Å². The number of anilines is 2. The van der Waals surface area contributed by atoms with Crippen LogP contribution < -0.4 is 10.6 Å². The van der Waals surface area contributed by atoms with Gasteiger partial charge >= 0.3 is 0 Å². The molecule has 24 heavy (non-hydrogen) atoms. The zero-order chi connectivity index (χ0) is 16.5. The number of nitrogen functional groups attached to an aromatic ring is 1. The Labute approximate surface area is 141 Å². The highest BCUT2D eigenvalue weighted by Gasteiger charge is 2.23. The summed E-state index contributed by atoms with van der Waals surface area (Å²) in [5.74, 6) is 1.18. The maximum atomic E-state index is 5.99. The van der Waals surface area contributed by atoms with Crippen molar-refractivity contribution >= 4 is 11.8 Å². The molecule has 0 amide bonds. The summed E-state index contributed by atoms with van der Waals surface area (Å²) in [5.41, 5.74) is 8.85. The maximum absolute atomic E-state index is 5.99. The molecule has 1 unspecified atom stereocenters. The van der Waals surface area contributed by atoms with Gasteiger partial charge in [0.2, 0.25) is 5.95 Å². The first-order chi connectivity index (χ1) is 11.7. The number of hydrogen-bond donors (Lipinski definition) is 1. The van der Waals surface area contributed by atoms with Crippen LogP contribution in [0.25, 0.3) is 11.4 Å². The molecule has 0 spiro atoms. The Balaban J connectivity index is 1.74. The van der Waals surface area contributed by atoms with E-state index in [9.17, 15) is 0 Å². The summed E-state index contributed by atoms with van der Waals surface area (Å²) < 4.78 is 7.86. The summed E-state index contributed by atoms with van der Waals surface area (Å²) in [6.45, 7) is 4.70. The van der Waals surface area contributed by atoms with Crippen LogP contribution in [0, 0.1) is 13.3 Å². The minimum Gasteiger partial charge on any atom is -0.368 e. The molecule has 2 saturated heterocycles. The third-order valence-corrected chi connectivity index (χ3v) is 4.66. The molecule has 4 heterocycles. The van der Waals surface area contributed by atoms with E-state index in [1.54, 1.807) is 0 Å². The number of rotatable bonds is 3. The number of aromatic nitrogens is 4. The number of hydrogen-bond acceptors (Lipinski definition) is 6. The van der Waals surface area contributed by atoms with Gasteiger partial charge in [0.1, 0.15) is 5.82 Å². The van der Waals surface area contributed by atoms with Crippen LogP contribution >= 0.6 is 0 Å². The molecule has 2 N–H and O–H groups in total. The Morgan fingerprint density at radius 3 is 2.96 bits per heavy atom. The number of nitrogens with zero attached hydrogens (tertiary/aromatic N) is 5. The molecule has 0 aliphatic carbocycles. The maximum Gasteiger partial charge on any atom is 0.222 e. The van der Waals surface area contributed by atoms with Crippen LogP contribution in [0.3, 0.4) is 0 Å². The predicted molar refractivity (Wildman–Crippen MR) is 92.4 cm³/mol. The summed E-state index contributed by atoms with van der Waals surface area (Å²) in [4.78, 5) is 11.1. The smallest absolute Gasteiger partial charge is 0.222 e. The van der Waals surface area contributed by atoms with Gasteiger partial charge in [-0.05, 0) is 44.6 Å². The molecule has 4 rings (SSSR count). The molecule has 7 heteroatoms. The molecule has 0 aromatic carbocycles. The summed E-state index contributed by atoms with van der Waals surface area (Å²) in [6, 6.07) is 2.01. The summed E-state index contributed by atoms with van der Waals surface area (Å²) in [5, 5.41) is 4.54. The molecule has 1 radical (unpaired) electrons. The molecule has 2 aliphatic heterocycles. The van der Waals surface area contributed by atoms with Crippen molar-refractivity contribution in [2.45, 2.75) is 38.8 Å². The summed E-state index contributed by atoms with van der Waals surface area (Å²) >= 11 is 0. The number of ether oxygens (including phenoxy) is 1. The predicted octanol–water partition coefficient (Wildman–Crippen LogP) is 2.34. The first-order valence-electron chi connectivity index (χ1n) is 8.59. The van der Waals surface area contributed by atoms with Gasteiger partial charge in [0.15, 0.2) is 6.23 Å². The summed E-state index contributed by atoms with van der Waals surface area (Å²) in [6.07, 6.45) is 8.42. The van der Waals surface area contributed by atoms with Crippen LogP contribution in [-0.4, -0.2) is 39.4 Å². The van der Waals surface area contributed by atoms with Crippen molar-refractivity contribution in [2.75, 3.05) is 30.3 Å². The number of nitrogens with two attached hydrogens (primary N) is 1. The highest BCUT2D eigenvalue weighted by Crippen LogP contribution is 2.31. The van der Waals surface area contributed by atoms with Crippen LogP contribution in [0.4, 0.5) is 11.8 Å². The van der Waals surface area contributed by atoms with Gasteiger partial charge in [-0.3, -0.25) is 0 Å². The highest BCUT2D eigenvalue weighted by molar-refractivity contribution is 5.64. The van der Waals surface area contributed by atoms with Crippen LogP contribution in [0.5, 0.6) is 0 Å². The second kappa shape index (κ2) is 6.39. The molecule has 2 aromatic rings. The minimum atomic E-state index is -0.0257. The monoisotopic (exact) mass is 327 g/mol. The highest BCUT2D eigenvalue weighted by atomic mass is 16.5. The molecule has 2 aliphatic rings.